The molecule has 0 radical (unpaired) electrons. The highest BCUT2D eigenvalue weighted by Gasteiger charge is 2.19. The quantitative estimate of drug-likeness (QED) is 0.483. The van der Waals surface area contributed by atoms with Gasteiger partial charge in [0.15, 0.2) is 11.0 Å². The lowest BCUT2D eigenvalue weighted by atomic mass is 10.2. The topological polar surface area (TPSA) is 88.9 Å². The smallest absolute Gasteiger partial charge is 0.251 e. The molecule has 0 saturated heterocycles. The van der Waals surface area contributed by atoms with Gasteiger partial charge >= 0.3 is 0 Å². The van der Waals surface area contributed by atoms with Gasteiger partial charge in [0.1, 0.15) is 0 Å². The van der Waals surface area contributed by atoms with Crippen LogP contribution in [0.25, 0.3) is 0 Å². The fourth-order valence-corrected chi connectivity index (χ4v) is 3.93. The highest BCUT2D eigenvalue weighted by molar-refractivity contribution is 7.99. The molecule has 0 spiro atoms. The molecule has 162 valence electrons. The van der Waals surface area contributed by atoms with Crippen LogP contribution in [0.1, 0.15) is 34.7 Å². The Morgan fingerprint density at radius 2 is 1.77 bits per heavy atom. The van der Waals surface area contributed by atoms with Crippen LogP contribution in [0.5, 0.6) is 0 Å². The van der Waals surface area contributed by atoms with Crippen LogP contribution in [-0.4, -0.2) is 32.3 Å². The second-order valence-electron chi connectivity index (χ2n) is 6.90. The Morgan fingerprint density at radius 3 is 2.45 bits per heavy atom. The van der Waals surface area contributed by atoms with Crippen molar-refractivity contribution in [2.75, 3.05) is 11.1 Å². The molecule has 2 N–H and O–H groups in total. The number of halogens is 2. The van der Waals surface area contributed by atoms with Crippen LogP contribution in [0.15, 0.2) is 47.6 Å². The third-order valence-electron chi connectivity index (χ3n) is 4.50. The maximum absolute atomic E-state index is 12.4. The zero-order valence-corrected chi connectivity index (χ0v) is 19.5. The molecule has 1 aromatic heterocycles. The van der Waals surface area contributed by atoms with Crippen molar-refractivity contribution in [3.8, 4) is 0 Å². The number of nitrogens with zero attached hydrogens (tertiary/aromatic N) is 3. The fourth-order valence-electron chi connectivity index (χ4n) is 2.86. The van der Waals surface area contributed by atoms with Crippen molar-refractivity contribution < 1.29 is 9.59 Å². The highest BCUT2D eigenvalue weighted by Crippen LogP contribution is 2.22. The first-order valence-electron chi connectivity index (χ1n) is 9.39. The van der Waals surface area contributed by atoms with Gasteiger partial charge in [-0.25, -0.2) is 0 Å². The van der Waals surface area contributed by atoms with Crippen LogP contribution in [0.2, 0.25) is 10.0 Å². The molecule has 10 heteroatoms. The van der Waals surface area contributed by atoms with Gasteiger partial charge in [-0.05, 0) is 61.9 Å². The number of carbonyl (C=O) groups excluding carboxylic acids is 2. The summed E-state index contributed by atoms with van der Waals surface area (Å²) in [6.45, 7) is 3.70. The van der Waals surface area contributed by atoms with Crippen LogP contribution in [0, 0.1) is 6.92 Å². The maximum Gasteiger partial charge on any atom is 0.251 e. The number of rotatable bonds is 7. The van der Waals surface area contributed by atoms with Crippen molar-refractivity contribution in [3.05, 3.63) is 69.5 Å². The third kappa shape index (κ3) is 6.00. The Kier molecular flexibility index (Phi) is 7.59. The molecule has 31 heavy (non-hydrogen) atoms. The van der Waals surface area contributed by atoms with Gasteiger partial charge in [0.2, 0.25) is 5.91 Å². The summed E-state index contributed by atoms with van der Waals surface area (Å²) < 4.78 is 1.76. The summed E-state index contributed by atoms with van der Waals surface area (Å²) in [7, 11) is 1.80. The zero-order chi connectivity index (χ0) is 22.5. The third-order valence-corrected chi connectivity index (χ3v) is 6.01. The summed E-state index contributed by atoms with van der Waals surface area (Å²) >= 11 is 13.1. The van der Waals surface area contributed by atoms with Crippen molar-refractivity contribution in [2.24, 2.45) is 7.05 Å². The molecule has 1 heterocycles. The van der Waals surface area contributed by atoms with Crippen LogP contribution >= 0.6 is 35.0 Å². The molecule has 0 saturated carbocycles. The number of thioether (sulfide) groups is 1. The molecule has 1 atom stereocenters. The number of benzene rings is 2. The van der Waals surface area contributed by atoms with E-state index in [9.17, 15) is 9.59 Å². The standard InChI is InChI=1S/C21H21Cl2N5O2S/c1-12-10-16(23)8-9-17(12)25-18(29)11-31-21-27-26-19(28(21)3)13(2)24-20(30)14-4-6-15(22)7-5-14/h4-10,13H,11H2,1-3H3,(H,24,30)(H,25,29)/t13-/m1/s1. The second kappa shape index (κ2) is 10.2. The monoisotopic (exact) mass is 477 g/mol. The van der Waals surface area contributed by atoms with E-state index in [1.165, 1.54) is 11.8 Å². The summed E-state index contributed by atoms with van der Waals surface area (Å²) in [5.41, 5.74) is 2.10. The second-order valence-corrected chi connectivity index (χ2v) is 8.71. The van der Waals surface area contributed by atoms with Gasteiger partial charge in [-0.3, -0.25) is 9.59 Å². The molecule has 7 nitrogen and oxygen atoms in total. The molecule has 0 fully saturated rings. The Balaban J connectivity index is 1.58. The van der Waals surface area contributed by atoms with Gasteiger partial charge in [-0.15, -0.1) is 10.2 Å². The normalized spacial score (nSPS) is 11.8. The molecular formula is C21H21Cl2N5O2S. The molecule has 0 bridgehead atoms. The fraction of sp³-hybridized carbons (Fsp3) is 0.238. The lowest BCUT2D eigenvalue weighted by Crippen LogP contribution is -2.28. The molecule has 2 aromatic carbocycles. The van der Waals surface area contributed by atoms with Gasteiger partial charge < -0.3 is 15.2 Å². The van der Waals surface area contributed by atoms with E-state index in [4.69, 9.17) is 23.2 Å². The Morgan fingerprint density at radius 1 is 1.10 bits per heavy atom. The molecule has 3 rings (SSSR count). The predicted octanol–water partition coefficient (Wildman–Crippen LogP) is 4.65. The summed E-state index contributed by atoms with van der Waals surface area (Å²) in [6.07, 6.45) is 0. The first-order chi connectivity index (χ1) is 14.7. The van der Waals surface area contributed by atoms with E-state index in [1.807, 2.05) is 13.8 Å². The molecule has 0 aliphatic rings. The summed E-state index contributed by atoms with van der Waals surface area (Å²) in [5, 5.41) is 15.8. The lowest BCUT2D eigenvalue weighted by Gasteiger charge is -2.13. The van der Waals surface area contributed by atoms with Crippen molar-refractivity contribution in [1.82, 2.24) is 20.1 Å². The minimum Gasteiger partial charge on any atom is -0.342 e. The van der Waals surface area contributed by atoms with Gasteiger partial charge in [-0.2, -0.15) is 0 Å². The van der Waals surface area contributed by atoms with E-state index in [0.717, 1.165) is 5.56 Å². The van der Waals surface area contributed by atoms with Crippen molar-refractivity contribution in [2.45, 2.75) is 25.0 Å². The summed E-state index contributed by atoms with van der Waals surface area (Å²) in [6, 6.07) is 11.5. The van der Waals surface area contributed by atoms with E-state index in [0.29, 0.717) is 32.3 Å². The molecule has 0 aliphatic heterocycles. The number of hydrogen-bond acceptors (Lipinski definition) is 5. The molecule has 0 unspecified atom stereocenters. The van der Waals surface area contributed by atoms with E-state index >= 15 is 0 Å². The van der Waals surface area contributed by atoms with E-state index < -0.39 is 0 Å². The highest BCUT2D eigenvalue weighted by atomic mass is 35.5. The van der Waals surface area contributed by atoms with Crippen LogP contribution in [-0.2, 0) is 11.8 Å². The first kappa shape index (κ1) is 23.1. The van der Waals surface area contributed by atoms with E-state index in [1.54, 1.807) is 54.1 Å². The number of aromatic nitrogens is 3. The minimum atomic E-state index is -0.374. The van der Waals surface area contributed by atoms with Crippen molar-refractivity contribution >= 4 is 52.5 Å². The number of carbonyl (C=O) groups is 2. The van der Waals surface area contributed by atoms with Gasteiger partial charge in [-0.1, -0.05) is 35.0 Å². The van der Waals surface area contributed by atoms with Crippen LogP contribution in [0.4, 0.5) is 5.69 Å². The van der Waals surface area contributed by atoms with Crippen molar-refractivity contribution in [1.29, 1.82) is 0 Å². The predicted molar refractivity (Wildman–Crippen MR) is 124 cm³/mol. The number of hydrogen-bond donors (Lipinski definition) is 2. The maximum atomic E-state index is 12.4. The summed E-state index contributed by atoms with van der Waals surface area (Å²) in [4.78, 5) is 24.7. The number of aryl methyl sites for hydroxylation is 1. The van der Waals surface area contributed by atoms with Crippen LogP contribution < -0.4 is 10.6 Å². The number of nitrogens with one attached hydrogen (secondary N) is 2. The Hall–Kier alpha value is -2.55. The minimum absolute atomic E-state index is 0.163. The zero-order valence-electron chi connectivity index (χ0n) is 17.1. The number of amides is 2. The Bertz CT molecular complexity index is 1100. The average molecular weight is 478 g/mol. The molecule has 0 aliphatic carbocycles. The number of anilines is 1. The lowest BCUT2D eigenvalue weighted by molar-refractivity contribution is -0.113. The molecule has 2 amide bonds. The van der Waals surface area contributed by atoms with Crippen molar-refractivity contribution in [3.63, 3.8) is 0 Å². The Labute approximate surface area is 194 Å². The van der Waals surface area contributed by atoms with Crippen LogP contribution in [0.3, 0.4) is 0 Å². The van der Waals surface area contributed by atoms with Gasteiger partial charge in [0.05, 0.1) is 11.8 Å². The summed E-state index contributed by atoms with van der Waals surface area (Å²) in [5.74, 6) is 0.349. The molecule has 3 aromatic rings. The van der Waals surface area contributed by atoms with E-state index in [2.05, 4.69) is 20.8 Å². The molecular weight excluding hydrogens is 457 g/mol. The van der Waals surface area contributed by atoms with Gasteiger partial charge in [0.25, 0.3) is 5.91 Å². The van der Waals surface area contributed by atoms with Gasteiger partial charge in [0, 0.05) is 28.3 Å². The SMILES string of the molecule is Cc1cc(Cl)ccc1NC(=O)CSc1nnc([C@@H](C)NC(=O)c2ccc(Cl)cc2)n1C. The average Bonchev–Trinajstić information content (AvgIpc) is 3.09. The largest absolute Gasteiger partial charge is 0.342 e. The first-order valence-corrected chi connectivity index (χ1v) is 11.1. The van der Waals surface area contributed by atoms with E-state index in [-0.39, 0.29) is 23.6 Å².